The van der Waals surface area contributed by atoms with Crippen LogP contribution in [0.25, 0.3) is 67.6 Å². The Kier molecular flexibility index (Phi) is 18.8. The normalized spacial score (nSPS) is 14.9. The van der Waals surface area contributed by atoms with Crippen LogP contribution in [0.5, 0.6) is 0 Å². The van der Waals surface area contributed by atoms with E-state index in [9.17, 15) is 23.6 Å². The standard InChI is InChI=1S/C17H15ClN4O2.2C17H15ClN4O.C16H14ClFN4O/c1-24-13-9-21(10-13)17(23)15-16(11-4-6-12(18)7-5-11)22-14(20-15)3-2-8-19-22;1-21(13-8-9-13)17(23)15-16(11-4-6-12(18)7-5-11)22-14(20-15)3-2-10-19-22;1-10-9-13(10)20-17(23)15-16(11-4-6-12(18)7-5-11)22-14(21-15)3-2-8-19-22;1-2-7-19-16(23)14-15(10-5-6-11(17)12(18)9-10)22-13(21-14)4-3-8-20-22/h2-8,13H,9-10H2,1H3;2-7,10,13H,8-9H2,1H3;2-8,10,13H,9H2,1H3,(H,20,23);3-6,8-9H,2,7H2,1H3,(H,19,23). The Bertz CT molecular complexity index is 4740. The van der Waals surface area contributed by atoms with Crippen LogP contribution in [0.2, 0.25) is 20.1 Å². The number of rotatable bonds is 13. The maximum atomic E-state index is 13.8. The second-order valence-electron chi connectivity index (χ2n) is 22.3. The van der Waals surface area contributed by atoms with Crippen LogP contribution in [0.1, 0.15) is 81.5 Å². The number of aromatic nitrogens is 12. The van der Waals surface area contributed by atoms with E-state index in [2.05, 4.69) is 57.9 Å². The number of hydrogen-bond acceptors (Lipinski definition) is 13. The van der Waals surface area contributed by atoms with Gasteiger partial charge < -0.3 is 25.2 Å². The lowest BCUT2D eigenvalue weighted by Crippen LogP contribution is -2.54. The molecule has 15 rings (SSSR count). The fourth-order valence-corrected chi connectivity index (χ4v) is 10.9. The van der Waals surface area contributed by atoms with Crippen molar-refractivity contribution >= 4 is 92.6 Å². The van der Waals surface area contributed by atoms with Crippen molar-refractivity contribution in [2.75, 3.05) is 33.8 Å². The Morgan fingerprint density at radius 3 is 1.39 bits per heavy atom. The molecule has 3 fully saturated rings. The Morgan fingerprint density at radius 2 is 0.968 bits per heavy atom. The molecule has 21 nitrogen and oxygen atoms in total. The van der Waals surface area contributed by atoms with E-state index in [0.29, 0.717) is 115 Å². The topological polar surface area (TPSA) is 229 Å². The van der Waals surface area contributed by atoms with Crippen LogP contribution in [-0.2, 0) is 4.74 Å². The fourth-order valence-electron chi connectivity index (χ4n) is 10.5. The number of ether oxygens (including phenoxy) is 1. The second-order valence-corrected chi connectivity index (χ2v) is 24.0. The number of carbonyl (C=O) groups excluding carboxylic acids is 4. The molecule has 2 atom stereocenters. The molecule has 2 N–H and O–H groups in total. The zero-order valence-electron chi connectivity index (χ0n) is 50.5. The number of methoxy groups -OCH3 is 1. The summed E-state index contributed by atoms with van der Waals surface area (Å²) in [7, 11) is 3.49. The summed E-state index contributed by atoms with van der Waals surface area (Å²) < 4.78 is 25.7. The Labute approximate surface area is 552 Å². The van der Waals surface area contributed by atoms with Gasteiger partial charge in [-0.05, 0) is 129 Å². The van der Waals surface area contributed by atoms with E-state index in [4.69, 9.17) is 51.1 Å². The second kappa shape index (κ2) is 27.6. The van der Waals surface area contributed by atoms with Crippen LogP contribution < -0.4 is 10.6 Å². The van der Waals surface area contributed by atoms with Gasteiger partial charge in [-0.25, -0.2) is 42.4 Å². The van der Waals surface area contributed by atoms with Crippen molar-refractivity contribution in [3.8, 4) is 45.0 Å². The number of nitrogens with zero attached hydrogens (tertiary/aromatic N) is 14. The lowest BCUT2D eigenvalue weighted by molar-refractivity contribution is -0.0194. The molecule has 2 unspecified atom stereocenters. The van der Waals surface area contributed by atoms with Crippen molar-refractivity contribution < 1.29 is 28.3 Å². The first kappa shape index (κ1) is 63.4. The summed E-state index contributed by atoms with van der Waals surface area (Å²) in [5.74, 6) is -0.678. The molecule has 472 valence electrons. The molecular formula is C67H59Cl4FN16O5. The highest BCUT2D eigenvalue weighted by Gasteiger charge is 2.37. The van der Waals surface area contributed by atoms with Crippen molar-refractivity contribution in [2.24, 2.45) is 5.92 Å². The number of benzene rings is 4. The molecule has 3 aliphatic rings. The first-order valence-electron chi connectivity index (χ1n) is 29.8. The highest BCUT2D eigenvalue weighted by atomic mass is 35.5. The summed E-state index contributed by atoms with van der Waals surface area (Å²) in [6, 6.07) is 41.4. The van der Waals surface area contributed by atoms with Gasteiger partial charge in [0.05, 0.1) is 11.1 Å². The lowest BCUT2D eigenvalue weighted by Gasteiger charge is -2.37. The van der Waals surface area contributed by atoms with Gasteiger partial charge in [0.25, 0.3) is 23.6 Å². The number of amides is 4. The summed E-state index contributed by atoms with van der Waals surface area (Å²) in [6.07, 6.45) is 10.7. The minimum absolute atomic E-state index is 0.0208. The third-order valence-corrected chi connectivity index (χ3v) is 16.9. The van der Waals surface area contributed by atoms with Crippen molar-refractivity contribution in [2.45, 2.75) is 57.7 Å². The van der Waals surface area contributed by atoms with Crippen LogP contribution in [0.4, 0.5) is 4.39 Å². The average molecular weight is 1330 g/mol. The summed E-state index contributed by atoms with van der Waals surface area (Å²) in [5.41, 5.74) is 9.43. The van der Waals surface area contributed by atoms with E-state index in [0.717, 1.165) is 42.4 Å². The summed E-state index contributed by atoms with van der Waals surface area (Å²) in [6.45, 7) is 5.78. The van der Waals surface area contributed by atoms with Gasteiger partial charge >= 0.3 is 0 Å². The fraction of sp³-hybridized carbons (Fsp3) is 0.224. The maximum Gasteiger partial charge on any atom is 0.275 e. The Balaban J connectivity index is 0.000000119. The van der Waals surface area contributed by atoms with Gasteiger partial charge in [0.15, 0.2) is 45.4 Å². The molecule has 4 aromatic carbocycles. The third kappa shape index (κ3) is 13.8. The SMILES string of the molecule is CC1CC1NC(=O)c1nc2cccnn2c1-c1ccc(Cl)cc1.CCCNC(=O)c1nc2cccnn2c1-c1ccc(Cl)c(F)c1.CN(C(=O)c1nc2cccnn2c1-c1ccc(Cl)cc1)C1CC1.COC1CN(C(=O)c2nc3cccnn3c2-c2ccc(Cl)cc2)C1. The number of hydrogen-bond donors (Lipinski definition) is 2. The average Bonchev–Trinajstić information content (AvgIpc) is 1.67. The highest BCUT2D eigenvalue weighted by Crippen LogP contribution is 2.35. The smallest absolute Gasteiger partial charge is 0.275 e. The van der Waals surface area contributed by atoms with Crippen molar-refractivity contribution in [3.05, 3.63) is 213 Å². The molecule has 0 spiro atoms. The summed E-state index contributed by atoms with van der Waals surface area (Å²) in [4.78, 5) is 72.1. The molecule has 1 aliphatic heterocycles. The molecule has 0 bridgehead atoms. The van der Waals surface area contributed by atoms with Crippen molar-refractivity contribution in [1.29, 1.82) is 0 Å². The van der Waals surface area contributed by atoms with Crippen molar-refractivity contribution in [1.82, 2.24) is 78.8 Å². The van der Waals surface area contributed by atoms with Gasteiger partial charge in [0.1, 0.15) is 28.6 Å². The molecule has 93 heavy (non-hydrogen) atoms. The zero-order valence-corrected chi connectivity index (χ0v) is 53.6. The first-order valence-corrected chi connectivity index (χ1v) is 31.3. The molecule has 4 amide bonds. The van der Waals surface area contributed by atoms with E-state index in [-0.39, 0.29) is 46.5 Å². The van der Waals surface area contributed by atoms with Gasteiger partial charge in [-0.1, -0.05) is 103 Å². The summed E-state index contributed by atoms with van der Waals surface area (Å²) in [5, 5.41) is 25.0. The Hall–Kier alpha value is -9.71. The quantitative estimate of drug-likeness (QED) is 0.110. The maximum absolute atomic E-state index is 13.8. The number of likely N-dealkylation sites (tertiary alicyclic amines) is 1. The number of fused-ring (bicyclic) bond motifs is 4. The van der Waals surface area contributed by atoms with Gasteiger partial charge in [-0.3, -0.25) is 19.2 Å². The molecular weight excluding hydrogens is 1270 g/mol. The van der Waals surface area contributed by atoms with E-state index < -0.39 is 5.82 Å². The number of carbonyl (C=O) groups is 4. The minimum Gasteiger partial charge on any atom is -0.378 e. The monoisotopic (exact) mass is 1330 g/mol. The molecule has 2 aliphatic carbocycles. The van der Waals surface area contributed by atoms with Gasteiger partial charge in [-0.2, -0.15) is 20.4 Å². The first-order chi connectivity index (χ1) is 45.1. The molecule has 8 aromatic heterocycles. The molecule has 1 saturated heterocycles. The van der Waals surface area contributed by atoms with Crippen LogP contribution in [0.15, 0.2) is 164 Å². The minimum atomic E-state index is -0.560. The zero-order chi connectivity index (χ0) is 65.0. The van der Waals surface area contributed by atoms with Crippen molar-refractivity contribution in [3.63, 3.8) is 0 Å². The van der Waals surface area contributed by atoms with Gasteiger partial charge in [0, 0.05) is 108 Å². The molecule has 2 saturated carbocycles. The third-order valence-electron chi connectivity index (χ3n) is 15.8. The van der Waals surface area contributed by atoms with Crippen LogP contribution >= 0.6 is 46.4 Å². The molecule has 0 radical (unpaired) electrons. The van der Waals surface area contributed by atoms with E-state index in [1.165, 1.54) is 16.6 Å². The predicted octanol–water partition coefficient (Wildman–Crippen LogP) is 12.3. The van der Waals surface area contributed by atoms with Gasteiger partial charge in [-0.15, -0.1) is 0 Å². The number of nitrogens with one attached hydrogen (secondary N) is 2. The largest absolute Gasteiger partial charge is 0.378 e. The van der Waals surface area contributed by atoms with Crippen LogP contribution in [-0.4, -0.2) is 144 Å². The number of halogens is 5. The van der Waals surface area contributed by atoms with Crippen LogP contribution in [0, 0.1) is 11.7 Å². The Morgan fingerprint density at radius 1 is 0.570 bits per heavy atom. The van der Waals surface area contributed by atoms with E-state index in [1.54, 1.807) is 122 Å². The van der Waals surface area contributed by atoms with E-state index in [1.807, 2.05) is 74.6 Å². The highest BCUT2D eigenvalue weighted by molar-refractivity contribution is 6.31. The van der Waals surface area contributed by atoms with Gasteiger partial charge in [0.2, 0.25) is 0 Å². The lowest BCUT2D eigenvalue weighted by atomic mass is 10.1. The van der Waals surface area contributed by atoms with Crippen LogP contribution in [0.3, 0.4) is 0 Å². The predicted molar refractivity (Wildman–Crippen MR) is 353 cm³/mol. The molecule has 9 heterocycles. The summed E-state index contributed by atoms with van der Waals surface area (Å²) >= 11 is 23.7. The molecule has 12 aromatic rings. The molecule has 26 heteroatoms. The number of imidazole rings is 4. The van der Waals surface area contributed by atoms with E-state index >= 15 is 0 Å².